The molecule has 1 fully saturated rings. The summed E-state index contributed by atoms with van der Waals surface area (Å²) in [5.74, 6) is -2.36. The summed E-state index contributed by atoms with van der Waals surface area (Å²) in [6.45, 7) is 4.13. The molecule has 4 N–H and O–H groups in total. The molecule has 0 radical (unpaired) electrons. The van der Waals surface area contributed by atoms with Gasteiger partial charge in [0.2, 0.25) is 35.1 Å². The van der Waals surface area contributed by atoms with Gasteiger partial charge in [-0.3, -0.25) is 33.7 Å². The van der Waals surface area contributed by atoms with E-state index in [0.29, 0.717) is 54.9 Å². The molecule has 0 saturated carbocycles. The second kappa shape index (κ2) is 19.3. The summed E-state index contributed by atoms with van der Waals surface area (Å²) in [6.07, 6.45) is 3.89. The molecule has 17 heteroatoms. The minimum atomic E-state index is -1.06. The summed E-state index contributed by atoms with van der Waals surface area (Å²) in [5.41, 5.74) is 2.45. The Balaban J connectivity index is 1.16. The fraction of sp³-hybridized carbons (Fsp3) is 0.425. The first-order valence-corrected chi connectivity index (χ1v) is 19.5. The number of allylic oxidation sites excluding steroid dienone is 3. The molecule has 0 spiro atoms. The van der Waals surface area contributed by atoms with E-state index in [9.17, 15) is 38.3 Å². The molecule has 4 amide bonds. The Morgan fingerprint density at radius 1 is 1.02 bits per heavy atom. The first-order valence-electron chi connectivity index (χ1n) is 18.6. The van der Waals surface area contributed by atoms with Crippen molar-refractivity contribution in [3.05, 3.63) is 76.8 Å². The molecule has 0 aromatic heterocycles. The second-order valence-electron chi connectivity index (χ2n) is 14.3. The number of hydrogen-bond donors (Lipinski definition) is 4. The van der Waals surface area contributed by atoms with Crippen LogP contribution in [0, 0.1) is 5.82 Å². The molecule has 1 saturated heterocycles. The number of fused-ring (bicyclic) bond motifs is 1. The lowest BCUT2D eigenvalue weighted by Crippen LogP contribution is -2.48. The number of aliphatic hydroxyl groups is 1. The molecular formula is C40H46FN4O11S+. The van der Waals surface area contributed by atoms with Crippen molar-refractivity contribution in [1.82, 2.24) is 15.5 Å². The summed E-state index contributed by atoms with van der Waals surface area (Å²) < 4.78 is 26.1. The van der Waals surface area contributed by atoms with E-state index in [2.05, 4.69) is 20.0 Å². The normalized spacial score (nSPS) is 17.2. The van der Waals surface area contributed by atoms with Gasteiger partial charge in [0.15, 0.2) is 11.5 Å². The van der Waals surface area contributed by atoms with Crippen molar-refractivity contribution in [2.45, 2.75) is 76.7 Å². The molecule has 2 aromatic rings. The van der Waals surface area contributed by atoms with Gasteiger partial charge in [-0.25, -0.2) is 9.65 Å². The minimum absolute atomic E-state index is 0.0296. The zero-order valence-corrected chi connectivity index (χ0v) is 32.7. The maximum atomic E-state index is 14.5. The first kappa shape index (κ1) is 42.9. The molecule has 5 rings (SSSR count). The lowest BCUT2D eigenvalue weighted by molar-refractivity contribution is -0.438. The number of methoxy groups -OCH3 is 1. The standard InChI is InChI=1S/C40H45FN4O11S/c1-40(2)29-20-25(41)12-15-31(29)44(32(40)21-28-37(50)36(38(28)51)24-10-13-27(54-3)14-11-24)19-6-4-5-9-33(47)43-30(23-57-56-55-53)39(52)42-18-7-8-26(46)22-45-34(48)16-17-35(45)49/h10-15,20-21,30H,4-9,16-19,22-23H2,1-3H3,(H3-,42,43,47,50,51,52,53)/p+1. The number of rotatable bonds is 21. The van der Waals surface area contributed by atoms with E-state index in [0.717, 1.165) is 16.2 Å². The topological polar surface area (TPSA) is 201 Å². The van der Waals surface area contributed by atoms with Gasteiger partial charge in [-0.2, -0.15) is 4.58 Å². The zero-order chi connectivity index (χ0) is 41.3. The Labute approximate surface area is 333 Å². The predicted octanol–water partition coefficient (Wildman–Crippen LogP) is 4.42. The Morgan fingerprint density at radius 2 is 1.74 bits per heavy atom. The summed E-state index contributed by atoms with van der Waals surface area (Å²) in [5, 5.41) is 28.4. The molecule has 2 aliphatic heterocycles. The number of unbranched alkanes of at least 4 members (excludes halogenated alkanes) is 2. The van der Waals surface area contributed by atoms with Crippen molar-refractivity contribution in [3.63, 3.8) is 0 Å². The number of nitrogens with zero attached hydrogens (tertiary/aromatic N) is 2. The SMILES string of the molecule is COc1ccc(C2=C(O)C(=CC3=[N+](CCCCCC(=O)NC(CSOOO)C(=O)NCCCC(=O)CN4C(=O)CCC4=O)c4ccc(F)cc4C3(C)C)C2=O)cc1. The van der Waals surface area contributed by atoms with E-state index in [4.69, 9.17) is 9.99 Å². The van der Waals surface area contributed by atoms with Gasteiger partial charge < -0.3 is 20.5 Å². The van der Waals surface area contributed by atoms with Gasteiger partial charge >= 0.3 is 0 Å². The molecule has 2 heterocycles. The Hall–Kier alpha value is -5.23. The van der Waals surface area contributed by atoms with Crippen molar-refractivity contribution in [3.8, 4) is 5.75 Å². The molecule has 57 heavy (non-hydrogen) atoms. The van der Waals surface area contributed by atoms with Crippen LogP contribution in [0.25, 0.3) is 5.57 Å². The van der Waals surface area contributed by atoms with E-state index in [1.165, 1.54) is 19.2 Å². The highest BCUT2D eigenvalue weighted by molar-refractivity contribution is 7.94. The van der Waals surface area contributed by atoms with E-state index in [1.807, 2.05) is 18.4 Å². The number of benzene rings is 2. The van der Waals surface area contributed by atoms with Crippen molar-refractivity contribution in [1.29, 1.82) is 0 Å². The lowest BCUT2D eigenvalue weighted by Gasteiger charge is -2.23. The second-order valence-corrected chi connectivity index (χ2v) is 15.0. The van der Waals surface area contributed by atoms with Crippen molar-refractivity contribution >= 4 is 64.2 Å². The van der Waals surface area contributed by atoms with Crippen molar-refractivity contribution in [2.24, 2.45) is 0 Å². The number of ether oxygens (including phenoxy) is 1. The fourth-order valence-corrected chi connectivity index (χ4v) is 7.51. The van der Waals surface area contributed by atoms with Crippen LogP contribution in [0.1, 0.15) is 76.3 Å². The number of aliphatic hydroxyl groups excluding tert-OH is 1. The largest absolute Gasteiger partial charge is 0.506 e. The van der Waals surface area contributed by atoms with Gasteiger partial charge in [-0.1, -0.05) is 17.2 Å². The van der Waals surface area contributed by atoms with Gasteiger partial charge in [-0.05, 0) is 62.9 Å². The van der Waals surface area contributed by atoms with Crippen molar-refractivity contribution in [2.75, 3.05) is 32.5 Å². The van der Waals surface area contributed by atoms with Crippen LogP contribution in [0.4, 0.5) is 10.1 Å². The molecule has 2 aromatic carbocycles. The van der Waals surface area contributed by atoms with Crippen LogP contribution in [0.5, 0.6) is 5.75 Å². The quantitative estimate of drug-likeness (QED) is 0.0264. The maximum Gasteiger partial charge on any atom is 0.243 e. The smallest absolute Gasteiger partial charge is 0.243 e. The average Bonchev–Trinajstić information content (AvgIpc) is 3.61. The van der Waals surface area contributed by atoms with Gasteiger partial charge in [-0.15, -0.1) is 4.33 Å². The highest BCUT2D eigenvalue weighted by Gasteiger charge is 2.47. The molecule has 1 aliphatic carbocycles. The third-order valence-electron chi connectivity index (χ3n) is 10.1. The number of carbonyl (C=O) groups is 6. The summed E-state index contributed by atoms with van der Waals surface area (Å²) in [4.78, 5) is 75.9. The van der Waals surface area contributed by atoms with Crippen LogP contribution < -0.4 is 15.4 Å². The van der Waals surface area contributed by atoms with Crippen LogP contribution in [0.15, 0.2) is 59.9 Å². The molecule has 304 valence electrons. The van der Waals surface area contributed by atoms with E-state index in [-0.39, 0.29) is 91.2 Å². The molecule has 1 unspecified atom stereocenters. The van der Waals surface area contributed by atoms with Crippen LogP contribution in [-0.4, -0.2) is 99.3 Å². The third-order valence-corrected chi connectivity index (χ3v) is 10.8. The summed E-state index contributed by atoms with van der Waals surface area (Å²) in [6, 6.07) is 10.3. The van der Waals surface area contributed by atoms with Gasteiger partial charge in [0.25, 0.3) is 0 Å². The Bertz CT molecular complexity index is 2000. The molecule has 1 atom stereocenters. The Morgan fingerprint density at radius 3 is 2.40 bits per heavy atom. The number of carbonyl (C=O) groups excluding carboxylic acids is 6. The van der Waals surface area contributed by atoms with E-state index in [1.54, 1.807) is 36.4 Å². The molecular weight excluding hydrogens is 764 g/mol. The van der Waals surface area contributed by atoms with Crippen LogP contribution in [0.2, 0.25) is 0 Å². The molecule has 0 bridgehead atoms. The number of likely N-dealkylation sites (tertiary alicyclic amines) is 1. The first-order chi connectivity index (χ1) is 27.3. The highest BCUT2D eigenvalue weighted by Crippen LogP contribution is 2.43. The van der Waals surface area contributed by atoms with Crippen molar-refractivity contribution < 1.29 is 62.2 Å². The average molecular weight is 810 g/mol. The Kier molecular flexibility index (Phi) is 14.5. The van der Waals surface area contributed by atoms with Gasteiger partial charge in [0.05, 0.1) is 36.0 Å². The third kappa shape index (κ3) is 10.2. The lowest BCUT2D eigenvalue weighted by atomic mass is 9.77. The van der Waals surface area contributed by atoms with Gasteiger partial charge in [0.1, 0.15) is 29.9 Å². The number of hydrogen-bond acceptors (Lipinski definition) is 12. The molecule has 15 nitrogen and oxygen atoms in total. The number of halogens is 1. The molecule has 3 aliphatic rings. The highest BCUT2D eigenvalue weighted by atomic mass is 32.2. The number of imide groups is 1. The van der Waals surface area contributed by atoms with Crippen LogP contribution in [0.3, 0.4) is 0 Å². The minimum Gasteiger partial charge on any atom is -0.506 e. The van der Waals surface area contributed by atoms with Gasteiger partial charge in [0, 0.05) is 68.4 Å². The van der Waals surface area contributed by atoms with Crippen LogP contribution >= 0.6 is 12.0 Å². The summed E-state index contributed by atoms with van der Waals surface area (Å²) >= 11 is 0.594. The number of amides is 4. The predicted molar refractivity (Wildman–Crippen MR) is 206 cm³/mol. The van der Waals surface area contributed by atoms with Crippen LogP contribution in [-0.2, 0) is 43.6 Å². The maximum absolute atomic E-state index is 14.5. The van der Waals surface area contributed by atoms with E-state index < -0.39 is 29.1 Å². The zero-order valence-electron chi connectivity index (χ0n) is 31.9. The number of nitrogens with one attached hydrogen (secondary N) is 2. The number of Topliss-reactive ketones (excluding diaryl/α,β-unsaturated/α-hetero) is 2. The fourth-order valence-electron chi connectivity index (χ4n) is 7.04. The monoisotopic (exact) mass is 809 g/mol. The summed E-state index contributed by atoms with van der Waals surface area (Å²) in [7, 11) is 1.54. The van der Waals surface area contributed by atoms with E-state index >= 15 is 0 Å². The number of ketones is 2.